The Labute approximate surface area is 164 Å². The number of hydrogen-bond acceptors (Lipinski definition) is 4. The Balaban J connectivity index is 1.61. The van der Waals surface area contributed by atoms with E-state index in [0.717, 1.165) is 18.4 Å². The fourth-order valence-electron chi connectivity index (χ4n) is 3.98. The highest BCUT2D eigenvalue weighted by Crippen LogP contribution is 2.28. The van der Waals surface area contributed by atoms with E-state index in [4.69, 9.17) is 5.11 Å². The summed E-state index contributed by atoms with van der Waals surface area (Å²) in [6.07, 6.45) is 1.73. The monoisotopic (exact) mass is 388 g/mol. The molecule has 152 valence electrons. The second-order valence-electron chi connectivity index (χ2n) is 7.40. The van der Waals surface area contributed by atoms with Gasteiger partial charge in [-0.1, -0.05) is 37.3 Å². The standard InChI is InChI=1S/C20H28N4O4/c1-2-23(13-19(26)27)16-10-15(11-16)22-20(28)24-9-8-21-18(25)12-17(24)14-6-4-3-5-7-14/h3-7,15-17H,2,8-13H2,1H3,(H,21,25)(H,22,28)(H,26,27). The molecule has 2 fully saturated rings. The van der Waals surface area contributed by atoms with Crippen molar-refractivity contribution < 1.29 is 19.5 Å². The minimum Gasteiger partial charge on any atom is -0.480 e. The van der Waals surface area contributed by atoms with Gasteiger partial charge in [-0.25, -0.2) is 4.79 Å². The van der Waals surface area contributed by atoms with Gasteiger partial charge in [0.1, 0.15) is 0 Å². The smallest absolute Gasteiger partial charge is 0.318 e. The van der Waals surface area contributed by atoms with Gasteiger partial charge in [-0.2, -0.15) is 0 Å². The van der Waals surface area contributed by atoms with Crippen molar-refractivity contribution in [2.75, 3.05) is 26.2 Å². The number of hydrogen-bond donors (Lipinski definition) is 3. The zero-order valence-electron chi connectivity index (χ0n) is 16.1. The average Bonchev–Trinajstić information content (AvgIpc) is 2.84. The van der Waals surface area contributed by atoms with E-state index in [9.17, 15) is 14.4 Å². The van der Waals surface area contributed by atoms with E-state index >= 15 is 0 Å². The van der Waals surface area contributed by atoms with Crippen LogP contribution >= 0.6 is 0 Å². The van der Waals surface area contributed by atoms with Crippen LogP contribution in [0.15, 0.2) is 30.3 Å². The third-order valence-corrected chi connectivity index (χ3v) is 5.58. The molecule has 28 heavy (non-hydrogen) atoms. The van der Waals surface area contributed by atoms with E-state index in [0.29, 0.717) is 19.6 Å². The fourth-order valence-corrected chi connectivity index (χ4v) is 3.98. The molecule has 2 aliphatic rings. The summed E-state index contributed by atoms with van der Waals surface area (Å²) in [6.45, 7) is 3.53. The van der Waals surface area contributed by atoms with Crippen molar-refractivity contribution in [1.29, 1.82) is 0 Å². The summed E-state index contributed by atoms with van der Waals surface area (Å²) in [4.78, 5) is 39.6. The topological polar surface area (TPSA) is 102 Å². The maximum atomic E-state index is 12.9. The molecule has 0 spiro atoms. The summed E-state index contributed by atoms with van der Waals surface area (Å²) < 4.78 is 0. The molecule has 1 aromatic rings. The molecule has 1 heterocycles. The molecule has 8 nitrogen and oxygen atoms in total. The highest BCUT2D eigenvalue weighted by Gasteiger charge is 2.37. The van der Waals surface area contributed by atoms with Crippen LogP contribution < -0.4 is 10.6 Å². The molecule has 1 atom stereocenters. The molecule has 1 saturated carbocycles. The molecule has 3 N–H and O–H groups in total. The van der Waals surface area contributed by atoms with Crippen LogP contribution in [-0.2, 0) is 9.59 Å². The van der Waals surface area contributed by atoms with Crippen LogP contribution in [0.3, 0.4) is 0 Å². The van der Waals surface area contributed by atoms with Crippen LogP contribution in [0.1, 0.15) is 37.8 Å². The zero-order chi connectivity index (χ0) is 20.1. The Morgan fingerprint density at radius 2 is 2.00 bits per heavy atom. The normalized spacial score (nSPS) is 24.9. The SMILES string of the molecule is CCN(CC(=O)O)C1CC(NC(=O)N2CCNC(=O)CC2c2ccccc2)C1. The second-order valence-corrected chi connectivity index (χ2v) is 7.40. The molecule has 1 aliphatic carbocycles. The number of likely N-dealkylation sites (N-methyl/N-ethyl adjacent to an activating group) is 1. The number of nitrogens with one attached hydrogen (secondary N) is 2. The van der Waals surface area contributed by atoms with E-state index < -0.39 is 5.97 Å². The van der Waals surface area contributed by atoms with Gasteiger partial charge in [-0.3, -0.25) is 14.5 Å². The Morgan fingerprint density at radius 1 is 1.29 bits per heavy atom. The summed E-state index contributed by atoms with van der Waals surface area (Å²) in [5.41, 5.74) is 0.944. The van der Waals surface area contributed by atoms with Crippen molar-refractivity contribution in [2.24, 2.45) is 0 Å². The lowest BCUT2D eigenvalue weighted by atomic mass is 9.85. The van der Waals surface area contributed by atoms with Gasteiger partial charge in [0, 0.05) is 25.2 Å². The molecule has 0 radical (unpaired) electrons. The zero-order valence-corrected chi connectivity index (χ0v) is 16.1. The van der Waals surface area contributed by atoms with Gasteiger partial charge in [0.05, 0.1) is 19.0 Å². The molecule has 0 bridgehead atoms. The number of benzene rings is 1. The van der Waals surface area contributed by atoms with Crippen LogP contribution in [0.4, 0.5) is 4.79 Å². The van der Waals surface area contributed by atoms with E-state index in [1.807, 2.05) is 42.2 Å². The lowest BCUT2D eigenvalue weighted by Gasteiger charge is -2.43. The van der Waals surface area contributed by atoms with Crippen LogP contribution in [0, 0.1) is 0 Å². The quantitative estimate of drug-likeness (QED) is 0.680. The van der Waals surface area contributed by atoms with Gasteiger partial charge in [0.25, 0.3) is 0 Å². The summed E-state index contributed by atoms with van der Waals surface area (Å²) in [5, 5.41) is 14.9. The van der Waals surface area contributed by atoms with Crippen molar-refractivity contribution in [1.82, 2.24) is 20.4 Å². The Bertz CT molecular complexity index is 705. The predicted octanol–water partition coefficient (Wildman–Crippen LogP) is 1.20. The summed E-state index contributed by atoms with van der Waals surface area (Å²) in [6, 6.07) is 9.36. The predicted molar refractivity (Wildman–Crippen MR) is 104 cm³/mol. The number of amides is 3. The van der Waals surface area contributed by atoms with Crippen LogP contribution in [-0.4, -0.2) is 71.1 Å². The van der Waals surface area contributed by atoms with Gasteiger partial charge in [-0.15, -0.1) is 0 Å². The minimum absolute atomic E-state index is 0.0256. The Morgan fingerprint density at radius 3 is 2.64 bits per heavy atom. The van der Waals surface area contributed by atoms with Crippen molar-refractivity contribution in [3.05, 3.63) is 35.9 Å². The van der Waals surface area contributed by atoms with Gasteiger partial charge < -0.3 is 20.6 Å². The van der Waals surface area contributed by atoms with E-state index in [1.165, 1.54) is 0 Å². The average molecular weight is 388 g/mol. The molecule has 8 heteroatoms. The minimum atomic E-state index is -0.832. The molecular weight excluding hydrogens is 360 g/mol. The number of carbonyl (C=O) groups is 3. The maximum Gasteiger partial charge on any atom is 0.318 e. The van der Waals surface area contributed by atoms with Crippen molar-refractivity contribution in [2.45, 2.75) is 44.3 Å². The first-order chi connectivity index (χ1) is 13.5. The van der Waals surface area contributed by atoms with Crippen LogP contribution in [0.25, 0.3) is 0 Å². The number of nitrogens with zero attached hydrogens (tertiary/aromatic N) is 2. The largest absolute Gasteiger partial charge is 0.480 e. The first-order valence-electron chi connectivity index (χ1n) is 9.82. The van der Waals surface area contributed by atoms with Crippen molar-refractivity contribution in [3.8, 4) is 0 Å². The van der Waals surface area contributed by atoms with E-state index in [2.05, 4.69) is 10.6 Å². The molecular formula is C20H28N4O4. The lowest BCUT2D eigenvalue weighted by Crippen LogP contribution is -2.57. The van der Waals surface area contributed by atoms with Gasteiger partial charge >= 0.3 is 12.0 Å². The Kier molecular flexibility index (Phi) is 6.51. The second kappa shape index (κ2) is 9.05. The number of aliphatic carboxylic acids is 1. The number of urea groups is 1. The summed E-state index contributed by atoms with van der Waals surface area (Å²) in [5.74, 6) is -0.887. The number of carbonyl (C=O) groups excluding carboxylic acids is 2. The molecule has 1 aliphatic heterocycles. The number of carboxylic acids is 1. The molecule has 3 amide bonds. The third-order valence-electron chi connectivity index (χ3n) is 5.58. The number of carboxylic acid groups (broad SMARTS) is 1. The van der Waals surface area contributed by atoms with Gasteiger partial charge in [0.15, 0.2) is 0 Å². The summed E-state index contributed by atoms with van der Waals surface area (Å²) in [7, 11) is 0. The molecule has 0 aromatic heterocycles. The molecule has 3 rings (SSSR count). The Hall–Kier alpha value is -2.61. The summed E-state index contributed by atoms with van der Waals surface area (Å²) >= 11 is 0. The first-order valence-corrected chi connectivity index (χ1v) is 9.82. The van der Waals surface area contributed by atoms with Crippen LogP contribution in [0.5, 0.6) is 0 Å². The fraction of sp³-hybridized carbons (Fsp3) is 0.550. The molecule has 1 saturated heterocycles. The van der Waals surface area contributed by atoms with E-state index in [-0.39, 0.29) is 43.0 Å². The van der Waals surface area contributed by atoms with E-state index in [1.54, 1.807) is 4.90 Å². The molecule has 1 unspecified atom stereocenters. The van der Waals surface area contributed by atoms with Gasteiger partial charge in [0.2, 0.25) is 5.91 Å². The maximum absolute atomic E-state index is 12.9. The first kappa shape index (κ1) is 20.1. The number of rotatable bonds is 6. The van der Waals surface area contributed by atoms with Crippen molar-refractivity contribution in [3.63, 3.8) is 0 Å². The highest BCUT2D eigenvalue weighted by atomic mass is 16.4. The third kappa shape index (κ3) is 4.81. The van der Waals surface area contributed by atoms with Gasteiger partial charge in [-0.05, 0) is 24.9 Å². The van der Waals surface area contributed by atoms with Crippen molar-refractivity contribution >= 4 is 17.9 Å². The molecule has 1 aromatic carbocycles. The highest BCUT2D eigenvalue weighted by molar-refractivity contribution is 5.80. The lowest BCUT2D eigenvalue weighted by molar-refractivity contribution is -0.139. The van der Waals surface area contributed by atoms with Crippen LogP contribution in [0.2, 0.25) is 0 Å².